The standard InChI is InChI=1S/C21H21NO3.HI/c1-21(2)17-13-15(20(24)25-4)8-11-18(17)22(3)19(21)12-7-14-5-9-16(23)10-6-14;/h5-13H,1-4H3;1H. The van der Waals surface area contributed by atoms with Gasteiger partial charge in [0.2, 0.25) is 5.69 Å². The smallest absolute Gasteiger partial charge is 0.337 e. The molecule has 1 aliphatic rings. The molecule has 2 aromatic carbocycles. The van der Waals surface area contributed by atoms with Gasteiger partial charge in [-0.3, -0.25) is 0 Å². The molecule has 5 heteroatoms. The van der Waals surface area contributed by atoms with Crippen molar-refractivity contribution < 1.29 is 43.2 Å². The summed E-state index contributed by atoms with van der Waals surface area (Å²) >= 11 is 0. The van der Waals surface area contributed by atoms with Gasteiger partial charge in [-0.25, -0.2) is 4.79 Å². The third-order valence-corrected chi connectivity index (χ3v) is 4.78. The molecule has 4 nitrogen and oxygen atoms in total. The number of fused-ring (bicyclic) bond motifs is 1. The monoisotopic (exact) mass is 463 g/mol. The van der Waals surface area contributed by atoms with Crippen LogP contribution in [-0.2, 0) is 10.2 Å². The van der Waals surface area contributed by atoms with Crippen LogP contribution in [0.5, 0.6) is 5.75 Å². The van der Waals surface area contributed by atoms with Crippen molar-refractivity contribution in [3.05, 3.63) is 65.2 Å². The number of carbonyl (C=O) groups is 1. The van der Waals surface area contributed by atoms with E-state index in [4.69, 9.17) is 4.74 Å². The molecule has 136 valence electrons. The van der Waals surface area contributed by atoms with Crippen molar-refractivity contribution in [2.24, 2.45) is 0 Å². The van der Waals surface area contributed by atoms with E-state index >= 15 is 0 Å². The molecule has 0 bridgehead atoms. The molecule has 0 aliphatic carbocycles. The fourth-order valence-corrected chi connectivity index (χ4v) is 3.34. The molecule has 26 heavy (non-hydrogen) atoms. The van der Waals surface area contributed by atoms with Gasteiger partial charge in [-0.1, -0.05) is 12.1 Å². The average molecular weight is 463 g/mol. The minimum atomic E-state index is -0.325. The third kappa shape index (κ3) is 3.53. The fourth-order valence-electron chi connectivity index (χ4n) is 3.34. The first-order valence-corrected chi connectivity index (χ1v) is 8.15. The van der Waals surface area contributed by atoms with Crippen LogP contribution >= 0.6 is 0 Å². The molecule has 0 saturated heterocycles. The van der Waals surface area contributed by atoms with E-state index in [9.17, 15) is 9.90 Å². The molecule has 1 N–H and O–H groups in total. The average Bonchev–Trinajstić information content (AvgIpc) is 2.80. The van der Waals surface area contributed by atoms with Crippen LogP contribution in [0.3, 0.4) is 0 Å². The van der Waals surface area contributed by atoms with E-state index < -0.39 is 0 Å². The van der Waals surface area contributed by atoms with Gasteiger partial charge in [0.1, 0.15) is 12.8 Å². The second kappa shape index (κ2) is 7.61. The number of halogens is 1. The van der Waals surface area contributed by atoms with Crippen LogP contribution in [0, 0.1) is 0 Å². The second-order valence-corrected chi connectivity index (χ2v) is 6.72. The van der Waals surface area contributed by atoms with Crippen LogP contribution in [0.15, 0.2) is 48.5 Å². The Hall–Kier alpha value is -2.15. The SMILES string of the molecule is COC(=O)c1ccc2c(c1)C(C)(C)C(/C=C/c1ccc(O)cc1)=[N+]2C.[I-]. The number of hydrogen-bond acceptors (Lipinski definition) is 3. The topological polar surface area (TPSA) is 49.5 Å². The van der Waals surface area contributed by atoms with Crippen LogP contribution in [0.1, 0.15) is 35.3 Å². The molecule has 0 amide bonds. The number of allylic oxidation sites excluding steroid dienone is 1. The number of aromatic hydroxyl groups is 1. The first-order chi connectivity index (χ1) is 11.8. The van der Waals surface area contributed by atoms with Gasteiger partial charge >= 0.3 is 5.97 Å². The summed E-state index contributed by atoms with van der Waals surface area (Å²) in [6.07, 6.45) is 4.12. The summed E-state index contributed by atoms with van der Waals surface area (Å²) in [5.74, 6) is -0.0693. The molecule has 2 aromatic rings. The summed E-state index contributed by atoms with van der Waals surface area (Å²) in [5.41, 5.74) is 4.66. The van der Waals surface area contributed by atoms with Gasteiger partial charge < -0.3 is 33.8 Å². The lowest BCUT2D eigenvalue weighted by molar-refractivity contribution is -0.401. The summed E-state index contributed by atoms with van der Waals surface area (Å²) in [5, 5.41) is 9.40. The van der Waals surface area contributed by atoms with E-state index in [1.165, 1.54) is 7.11 Å². The lowest BCUT2D eigenvalue weighted by Crippen LogP contribution is -3.00. The van der Waals surface area contributed by atoms with Crippen LogP contribution in [0.4, 0.5) is 5.69 Å². The minimum absolute atomic E-state index is 0. The highest BCUT2D eigenvalue weighted by Gasteiger charge is 2.43. The maximum atomic E-state index is 11.8. The summed E-state index contributed by atoms with van der Waals surface area (Å²) in [6.45, 7) is 4.29. The molecule has 0 radical (unpaired) electrons. The van der Waals surface area contributed by atoms with E-state index in [0.29, 0.717) is 5.56 Å². The summed E-state index contributed by atoms with van der Waals surface area (Å²) < 4.78 is 6.99. The Morgan fingerprint density at radius 3 is 2.38 bits per heavy atom. The highest BCUT2D eigenvalue weighted by Crippen LogP contribution is 2.40. The van der Waals surface area contributed by atoms with Gasteiger partial charge in [0.25, 0.3) is 0 Å². The molecule has 3 rings (SSSR count). The van der Waals surface area contributed by atoms with Gasteiger partial charge in [0, 0.05) is 17.7 Å². The molecule has 1 aliphatic heterocycles. The molecule has 1 heterocycles. The van der Waals surface area contributed by atoms with Crippen molar-refractivity contribution >= 4 is 23.4 Å². The number of methoxy groups -OCH3 is 1. The molecule has 0 fully saturated rings. The van der Waals surface area contributed by atoms with Gasteiger partial charge in [-0.15, -0.1) is 0 Å². The minimum Gasteiger partial charge on any atom is -1.00 e. The number of phenols is 1. The number of hydrogen-bond donors (Lipinski definition) is 1. The fraction of sp³-hybridized carbons (Fsp3) is 0.238. The molecular formula is C21H22INO3. The molecule has 0 atom stereocenters. The number of benzene rings is 2. The van der Waals surface area contributed by atoms with Crippen LogP contribution in [0.25, 0.3) is 6.08 Å². The Kier molecular flexibility index (Phi) is 5.91. The van der Waals surface area contributed by atoms with Crippen molar-refractivity contribution in [3.63, 3.8) is 0 Å². The number of phenolic OH excluding ortho intramolecular Hbond substituents is 1. The largest absolute Gasteiger partial charge is 1.00 e. The van der Waals surface area contributed by atoms with Gasteiger partial charge in [0.15, 0.2) is 5.71 Å². The lowest BCUT2D eigenvalue weighted by atomic mass is 9.80. The number of rotatable bonds is 3. The maximum Gasteiger partial charge on any atom is 0.337 e. The molecule has 0 spiro atoms. The molecule has 0 saturated carbocycles. The number of carbonyl (C=O) groups excluding carboxylic acids is 1. The van der Waals surface area contributed by atoms with Gasteiger partial charge in [-0.05, 0) is 49.8 Å². The summed E-state index contributed by atoms with van der Waals surface area (Å²) in [6, 6.07) is 12.8. The van der Waals surface area contributed by atoms with Gasteiger partial charge in [-0.2, -0.15) is 4.58 Å². The first kappa shape index (κ1) is 20.2. The molecule has 0 aromatic heterocycles. The zero-order valence-corrected chi connectivity index (χ0v) is 17.4. The van der Waals surface area contributed by atoms with E-state index in [1.54, 1.807) is 18.2 Å². The van der Waals surface area contributed by atoms with Crippen LogP contribution in [-0.4, -0.2) is 35.5 Å². The van der Waals surface area contributed by atoms with Crippen LogP contribution in [0.2, 0.25) is 0 Å². The normalized spacial score (nSPS) is 14.9. The number of ether oxygens (including phenoxy) is 1. The number of nitrogens with zero attached hydrogens (tertiary/aromatic N) is 1. The Bertz CT molecular complexity index is 896. The van der Waals surface area contributed by atoms with E-state index in [0.717, 1.165) is 22.5 Å². The highest BCUT2D eigenvalue weighted by atomic mass is 127. The predicted octanol–water partition coefficient (Wildman–Crippen LogP) is 0.902. The Morgan fingerprint density at radius 1 is 1.12 bits per heavy atom. The van der Waals surface area contributed by atoms with Crippen LogP contribution < -0.4 is 24.0 Å². The predicted molar refractivity (Wildman–Crippen MR) is 98.8 cm³/mol. The van der Waals surface area contributed by atoms with Crippen molar-refractivity contribution in [1.29, 1.82) is 0 Å². The number of esters is 1. The summed E-state index contributed by atoms with van der Waals surface area (Å²) in [7, 11) is 3.42. The Balaban J connectivity index is 0.00000243. The Morgan fingerprint density at radius 2 is 1.77 bits per heavy atom. The van der Waals surface area contributed by atoms with E-state index in [-0.39, 0.29) is 41.1 Å². The van der Waals surface area contributed by atoms with E-state index in [1.807, 2.05) is 37.4 Å². The van der Waals surface area contributed by atoms with Crippen molar-refractivity contribution in [3.8, 4) is 5.75 Å². The highest BCUT2D eigenvalue weighted by molar-refractivity contribution is 6.05. The van der Waals surface area contributed by atoms with Crippen molar-refractivity contribution in [1.82, 2.24) is 0 Å². The second-order valence-electron chi connectivity index (χ2n) is 6.72. The van der Waals surface area contributed by atoms with E-state index in [2.05, 4.69) is 24.5 Å². The molecular weight excluding hydrogens is 441 g/mol. The van der Waals surface area contributed by atoms with Gasteiger partial charge in [0.05, 0.1) is 18.1 Å². The Labute approximate surface area is 170 Å². The molecule has 0 unspecified atom stereocenters. The maximum absolute atomic E-state index is 11.8. The van der Waals surface area contributed by atoms with Crippen molar-refractivity contribution in [2.45, 2.75) is 19.3 Å². The summed E-state index contributed by atoms with van der Waals surface area (Å²) in [4.78, 5) is 11.8. The quantitative estimate of drug-likeness (QED) is 0.418. The lowest BCUT2D eigenvalue weighted by Gasteiger charge is -2.16. The van der Waals surface area contributed by atoms with Crippen molar-refractivity contribution in [2.75, 3.05) is 14.2 Å². The zero-order chi connectivity index (χ0) is 18.2. The zero-order valence-electron chi connectivity index (χ0n) is 15.3. The third-order valence-electron chi connectivity index (χ3n) is 4.78. The first-order valence-electron chi connectivity index (χ1n) is 8.15.